The highest BCUT2D eigenvalue weighted by Crippen LogP contribution is 2.42. The largest absolute Gasteiger partial charge is 0.394 e. The van der Waals surface area contributed by atoms with Gasteiger partial charge in [0.25, 0.3) is 0 Å². The number of ether oxygens (including phenoxy) is 1. The van der Waals surface area contributed by atoms with Crippen molar-refractivity contribution in [1.29, 1.82) is 0 Å². The molecule has 0 aromatic rings. The van der Waals surface area contributed by atoms with Crippen LogP contribution in [0, 0.1) is 0 Å². The van der Waals surface area contributed by atoms with Crippen molar-refractivity contribution >= 4 is 18.3 Å². The summed E-state index contributed by atoms with van der Waals surface area (Å²) < 4.78 is 10.3. The first-order valence-corrected chi connectivity index (χ1v) is 7.40. The van der Waals surface area contributed by atoms with E-state index in [0.29, 0.717) is 0 Å². The van der Waals surface area contributed by atoms with Crippen molar-refractivity contribution in [3.63, 3.8) is 0 Å². The zero-order chi connectivity index (χ0) is 10.9. The van der Waals surface area contributed by atoms with Gasteiger partial charge in [-0.2, -0.15) is 0 Å². The molecule has 1 aliphatic heterocycles. The van der Waals surface area contributed by atoms with E-state index < -0.39 is 30.9 Å². The average molecular weight is 242 g/mol. The summed E-state index contributed by atoms with van der Waals surface area (Å²) in [6.45, 7) is -0.0404. The van der Waals surface area contributed by atoms with E-state index in [-0.39, 0.29) is 6.61 Å². The number of hydrogen-bond donors (Lipinski definition) is 3. The molecule has 14 heavy (non-hydrogen) atoms. The third kappa shape index (κ3) is 2.97. The predicted octanol–water partition coefficient (Wildman–Crippen LogP) is -0.556. The van der Waals surface area contributed by atoms with Crippen molar-refractivity contribution in [2.24, 2.45) is 0 Å². The predicted molar refractivity (Wildman–Crippen MR) is 54.7 cm³/mol. The van der Waals surface area contributed by atoms with Gasteiger partial charge in [0.1, 0.15) is 18.3 Å². The van der Waals surface area contributed by atoms with Crippen LogP contribution in [-0.4, -0.2) is 52.8 Å². The lowest BCUT2D eigenvalue weighted by molar-refractivity contribution is -0.0108. The second-order valence-corrected chi connectivity index (χ2v) is 7.28. The molecule has 1 saturated heterocycles. The summed E-state index contributed by atoms with van der Waals surface area (Å²) >= 11 is 4.71. The van der Waals surface area contributed by atoms with Gasteiger partial charge in [-0.3, -0.25) is 0 Å². The van der Waals surface area contributed by atoms with Crippen molar-refractivity contribution in [3.8, 4) is 0 Å². The number of aliphatic hydroxyl groups is 2. The fourth-order valence-electron chi connectivity index (χ4n) is 1.42. The fraction of sp³-hybridized carbons (Fsp3) is 1.00. The summed E-state index contributed by atoms with van der Waals surface area (Å²) in [7, 11) is 0. The third-order valence-electron chi connectivity index (χ3n) is 2.07. The van der Waals surface area contributed by atoms with Gasteiger partial charge in [-0.1, -0.05) is 0 Å². The number of aliphatic hydroxyl groups excluding tert-OH is 2. The van der Waals surface area contributed by atoms with Gasteiger partial charge in [-0.15, -0.1) is 0 Å². The van der Waals surface area contributed by atoms with Crippen LogP contribution >= 0.6 is 6.49 Å². The number of hydrogen-bond acceptors (Lipinski definition) is 5. The zero-order valence-electron chi connectivity index (χ0n) is 8.03. The van der Waals surface area contributed by atoms with E-state index in [0.717, 1.165) is 0 Å². The SMILES string of the molecule is C[C@@H]1O[C@H](CO)C(OP(C)(O)=S)[C@@H]1O. The summed E-state index contributed by atoms with van der Waals surface area (Å²) in [4.78, 5) is 9.35. The molecule has 0 spiro atoms. The Kier molecular flexibility index (Phi) is 4.05. The molecule has 1 aliphatic rings. The normalized spacial score (nSPS) is 42.4. The Labute approximate surface area is 87.8 Å². The van der Waals surface area contributed by atoms with Gasteiger partial charge in [-0.05, 0) is 18.7 Å². The molecule has 0 amide bonds. The second kappa shape index (κ2) is 4.53. The van der Waals surface area contributed by atoms with Crippen LogP contribution in [0.3, 0.4) is 0 Å². The molecule has 0 saturated carbocycles. The molecule has 0 aromatic heterocycles. The highest BCUT2D eigenvalue weighted by atomic mass is 32.5. The standard InChI is InChI=1S/C7H15O5PS/c1-4-6(9)7(5(3-8)11-4)12-13(2,10)14/h4-9H,3H2,1-2H3,(H,10,14)/t4-,5+,6+,7?,13?/m0/s1. The maximum Gasteiger partial charge on any atom is 0.183 e. The Balaban J connectivity index is 2.69. The molecule has 3 N–H and O–H groups in total. The second-order valence-electron chi connectivity index (χ2n) is 3.43. The lowest BCUT2D eigenvalue weighted by atomic mass is 10.1. The average Bonchev–Trinajstić information content (AvgIpc) is 2.30. The quantitative estimate of drug-likeness (QED) is 0.576. The molecule has 0 radical (unpaired) electrons. The first-order chi connectivity index (χ1) is 6.35. The van der Waals surface area contributed by atoms with Crippen molar-refractivity contribution in [3.05, 3.63) is 0 Å². The van der Waals surface area contributed by atoms with Gasteiger partial charge in [0, 0.05) is 6.66 Å². The Morgan fingerprint density at radius 2 is 2.14 bits per heavy atom. The van der Waals surface area contributed by atoms with Crippen LogP contribution in [0.25, 0.3) is 0 Å². The van der Waals surface area contributed by atoms with Gasteiger partial charge < -0.3 is 24.4 Å². The van der Waals surface area contributed by atoms with Crippen LogP contribution in [0.15, 0.2) is 0 Å². The van der Waals surface area contributed by atoms with Gasteiger partial charge in [0.15, 0.2) is 6.49 Å². The Bertz CT molecular complexity index is 242. The molecule has 2 unspecified atom stereocenters. The molecule has 7 heteroatoms. The minimum Gasteiger partial charge on any atom is -0.394 e. The highest BCUT2D eigenvalue weighted by molar-refractivity contribution is 8.09. The summed E-state index contributed by atoms with van der Waals surface area (Å²) in [5, 5.41) is 18.6. The molecular weight excluding hydrogens is 227 g/mol. The minimum absolute atomic E-state index is 0.262. The van der Waals surface area contributed by atoms with E-state index in [1.807, 2.05) is 0 Å². The van der Waals surface area contributed by atoms with Crippen molar-refractivity contribution < 1.29 is 24.4 Å². The summed E-state index contributed by atoms with van der Waals surface area (Å²) in [6, 6.07) is 0. The summed E-state index contributed by atoms with van der Waals surface area (Å²) in [5.41, 5.74) is 0. The van der Waals surface area contributed by atoms with Crippen molar-refractivity contribution in [2.45, 2.75) is 31.3 Å². The van der Waals surface area contributed by atoms with Crippen LogP contribution in [0.4, 0.5) is 0 Å². The van der Waals surface area contributed by atoms with Crippen LogP contribution in [0.2, 0.25) is 0 Å². The molecule has 1 fully saturated rings. The van der Waals surface area contributed by atoms with E-state index >= 15 is 0 Å². The van der Waals surface area contributed by atoms with Gasteiger partial charge >= 0.3 is 0 Å². The van der Waals surface area contributed by atoms with Crippen LogP contribution in [0.5, 0.6) is 0 Å². The molecule has 5 atom stereocenters. The molecule has 0 aliphatic carbocycles. The van der Waals surface area contributed by atoms with E-state index in [2.05, 4.69) is 0 Å². The van der Waals surface area contributed by atoms with E-state index in [1.54, 1.807) is 6.92 Å². The van der Waals surface area contributed by atoms with Crippen molar-refractivity contribution in [2.75, 3.05) is 13.3 Å². The summed E-state index contributed by atoms with van der Waals surface area (Å²) in [5.74, 6) is 0. The Morgan fingerprint density at radius 1 is 1.57 bits per heavy atom. The first-order valence-electron chi connectivity index (χ1n) is 4.28. The molecular formula is C7H15O5PS. The molecule has 5 nitrogen and oxygen atoms in total. The molecule has 1 rings (SSSR count). The van der Waals surface area contributed by atoms with Gasteiger partial charge in [-0.25, -0.2) is 0 Å². The lowest BCUT2D eigenvalue weighted by Gasteiger charge is -2.22. The van der Waals surface area contributed by atoms with Gasteiger partial charge in [0.2, 0.25) is 0 Å². The number of rotatable bonds is 3. The molecule has 0 aromatic carbocycles. The lowest BCUT2D eigenvalue weighted by Crippen LogP contribution is -2.35. The van der Waals surface area contributed by atoms with E-state index in [4.69, 9.17) is 26.2 Å². The molecule has 84 valence electrons. The topological polar surface area (TPSA) is 79.2 Å². The minimum atomic E-state index is -2.85. The third-order valence-corrected chi connectivity index (χ3v) is 2.96. The first kappa shape index (κ1) is 12.5. The van der Waals surface area contributed by atoms with Crippen LogP contribution < -0.4 is 0 Å². The maximum atomic E-state index is 9.62. The fourth-order valence-corrected chi connectivity index (χ4v) is 2.43. The van der Waals surface area contributed by atoms with E-state index in [9.17, 15) is 10.00 Å². The van der Waals surface area contributed by atoms with Crippen LogP contribution in [-0.2, 0) is 21.1 Å². The smallest absolute Gasteiger partial charge is 0.183 e. The Hall–Kier alpha value is 0.450. The highest BCUT2D eigenvalue weighted by Gasteiger charge is 2.43. The monoisotopic (exact) mass is 242 g/mol. The van der Waals surface area contributed by atoms with Crippen molar-refractivity contribution in [1.82, 2.24) is 0 Å². The van der Waals surface area contributed by atoms with E-state index in [1.165, 1.54) is 6.66 Å². The maximum absolute atomic E-state index is 9.62. The van der Waals surface area contributed by atoms with Crippen LogP contribution in [0.1, 0.15) is 6.92 Å². The summed E-state index contributed by atoms with van der Waals surface area (Å²) in [6.07, 6.45) is -2.63. The van der Waals surface area contributed by atoms with Gasteiger partial charge in [0.05, 0.1) is 12.7 Å². The molecule has 0 bridgehead atoms. The zero-order valence-corrected chi connectivity index (χ0v) is 9.74. The molecule has 1 heterocycles. The Morgan fingerprint density at radius 3 is 2.57 bits per heavy atom.